The third-order valence-electron chi connectivity index (χ3n) is 1.88. The van der Waals surface area contributed by atoms with Crippen molar-refractivity contribution in [3.05, 3.63) is 0 Å². The summed E-state index contributed by atoms with van der Waals surface area (Å²) in [5, 5.41) is 0. The summed E-state index contributed by atoms with van der Waals surface area (Å²) >= 11 is 0. The molecule has 0 saturated carbocycles. The van der Waals surface area contributed by atoms with Gasteiger partial charge in [-0.15, -0.1) is 0 Å². The third kappa shape index (κ3) is 4.56. The Morgan fingerprint density at radius 1 is 1.00 bits per heavy atom. The average molecular weight is 174 g/mol. The average Bonchev–Trinajstić information content (AvgIpc) is 1.88. The van der Waals surface area contributed by atoms with Gasteiger partial charge in [-0.2, -0.15) is 0 Å². The van der Waals surface area contributed by atoms with Crippen LogP contribution in [0.3, 0.4) is 0 Å². The van der Waals surface area contributed by atoms with Gasteiger partial charge in [0, 0.05) is 0 Å². The molecule has 2 nitrogen and oxygen atoms in total. The molecule has 0 aromatic heterocycles. The molecule has 0 fully saturated rings. The quantitative estimate of drug-likeness (QED) is 0.599. The van der Waals surface area contributed by atoms with Gasteiger partial charge >= 0.3 is 0 Å². The maximum absolute atomic E-state index is 3.59. The number of nitrogens with one attached hydrogen (secondary N) is 2. The van der Waals surface area contributed by atoms with Crippen LogP contribution in [-0.4, -0.2) is 21.5 Å². The smallest absolute Gasteiger partial charge is 0.198 e. The fourth-order valence-corrected chi connectivity index (χ4v) is 4.56. The van der Waals surface area contributed by atoms with Crippen LogP contribution in [0.1, 0.15) is 27.2 Å². The van der Waals surface area contributed by atoms with Crippen LogP contribution in [0.5, 0.6) is 0 Å². The lowest BCUT2D eigenvalue weighted by Gasteiger charge is -2.27. The molecule has 0 aliphatic rings. The van der Waals surface area contributed by atoms with E-state index in [4.69, 9.17) is 0 Å². The van der Waals surface area contributed by atoms with Crippen LogP contribution >= 0.6 is 0 Å². The molecular formula is C8H22N2Si. The van der Waals surface area contributed by atoms with E-state index in [1.165, 1.54) is 12.5 Å². The van der Waals surface area contributed by atoms with Gasteiger partial charge in [-0.1, -0.05) is 27.2 Å². The zero-order valence-corrected chi connectivity index (χ0v) is 9.33. The molecule has 0 spiro atoms. The topological polar surface area (TPSA) is 24.1 Å². The molecular weight excluding hydrogens is 152 g/mol. The highest BCUT2D eigenvalue weighted by Crippen LogP contribution is 2.03. The maximum atomic E-state index is 3.59. The van der Waals surface area contributed by atoms with Gasteiger partial charge in [0.05, 0.1) is 0 Å². The predicted octanol–water partition coefficient (Wildman–Crippen LogP) is 1.69. The Balaban J connectivity index is 3.79. The van der Waals surface area contributed by atoms with E-state index in [-0.39, 0.29) is 0 Å². The van der Waals surface area contributed by atoms with Crippen molar-refractivity contribution in [2.75, 3.05) is 13.1 Å². The highest BCUT2D eigenvalue weighted by atomic mass is 28.3. The van der Waals surface area contributed by atoms with Crippen LogP contribution in [0, 0.1) is 0 Å². The molecule has 0 amide bonds. The molecule has 68 valence electrons. The largest absolute Gasteiger partial charge is 0.326 e. The minimum absolute atomic E-state index is 1.09. The van der Waals surface area contributed by atoms with Crippen molar-refractivity contribution in [2.24, 2.45) is 0 Å². The van der Waals surface area contributed by atoms with E-state index < -0.39 is 8.40 Å². The van der Waals surface area contributed by atoms with E-state index in [9.17, 15) is 0 Å². The van der Waals surface area contributed by atoms with Crippen LogP contribution in [0.4, 0.5) is 0 Å². The van der Waals surface area contributed by atoms with E-state index in [0.717, 1.165) is 13.1 Å². The van der Waals surface area contributed by atoms with Crippen molar-refractivity contribution in [3.8, 4) is 0 Å². The highest BCUT2D eigenvalue weighted by molar-refractivity contribution is 6.73. The summed E-state index contributed by atoms with van der Waals surface area (Å²) in [6, 6.07) is 1.33. The van der Waals surface area contributed by atoms with Gasteiger partial charge in [-0.25, -0.2) is 0 Å². The summed E-state index contributed by atoms with van der Waals surface area (Å²) in [4.78, 5) is 7.18. The number of hydrogen-bond donors (Lipinski definition) is 2. The summed E-state index contributed by atoms with van der Waals surface area (Å²) in [5.41, 5.74) is 0. The maximum Gasteiger partial charge on any atom is 0.198 e. The summed E-state index contributed by atoms with van der Waals surface area (Å²) < 4.78 is 0. The molecule has 0 radical (unpaired) electrons. The number of hydrogen-bond acceptors (Lipinski definition) is 2. The Labute approximate surface area is 71.9 Å². The Bertz CT molecular complexity index is 79.1. The van der Waals surface area contributed by atoms with Crippen molar-refractivity contribution >= 4 is 8.40 Å². The molecule has 0 rings (SSSR count). The van der Waals surface area contributed by atoms with Gasteiger partial charge in [0.1, 0.15) is 0 Å². The predicted molar refractivity (Wildman–Crippen MR) is 54.1 cm³/mol. The van der Waals surface area contributed by atoms with Gasteiger partial charge in [-0.05, 0) is 25.7 Å². The summed E-state index contributed by atoms with van der Waals surface area (Å²) in [5.74, 6) is 0. The molecule has 0 heterocycles. The minimum atomic E-state index is -1.25. The second-order valence-corrected chi connectivity index (χ2v) is 7.01. The lowest BCUT2D eigenvalue weighted by molar-refractivity contribution is 0.825. The second kappa shape index (κ2) is 5.74. The van der Waals surface area contributed by atoms with Crippen LogP contribution in [0.15, 0.2) is 0 Å². The lowest BCUT2D eigenvalue weighted by atomic mass is 10.6. The molecule has 0 bridgehead atoms. The summed E-state index contributed by atoms with van der Waals surface area (Å²) in [6.07, 6.45) is 1.28. The van der Waals surface area contributed by atoms with Gasteiger partial charge in [0.25, 0.3) is 0 Å². The van der Waals surface area contributed by atoms with Crippen molar-refractivity contribution in [1.29, 1.82) is 0 Å². The Hall–Kier alpha value is 0.137. The first-order valence-corrected chi connectivity index (χ1v) is 7.39. The van der Waals surface area contributed by atoms with Crippen LogP contribution in [0.25, 0.3) is 0 Å². The zero-order chi connectivity index (χ0) is 8.74. The van der Waals surface area contributed by atoms with Crippen LogP contribution in [-0.2, 0) is 0 Å². The van der Waals surface area contributed by atoms with Crippen molar-refractivity contribution in [3.63, 3.8) is 0 Å². The van der Waals surface area contributed by atoms with Gasteiger partial charge in [0.15, 0.2) is 8.40 Å². The summed E-state index contributed by atoms with van der Waals surface area (Å²) in [7, 11) is -1.25. The van der Waals surface area contributed by atoms with Gasteiger partial charge in [0.2, 0.25) is 0 Å². The first-order valence-electron chi connectivity index (χ1n) is 4.68. The molecule has 2 N–H and O–H groups in total. The molecule has 0 saturated heterocycles. The van der Waals surface area contributed by atoms with Crippen LogP contribution in [0.2, 0.25) is 12.6 Å². The van der Waals surface area contributed by atoms with Crippen molar-refractivity contribution in [1.82, 2.24) is 9.96 Å². The molecule has 0 atom stereocenters. The highest BCUT2D eigenvalue weighted by Gasteiger charge is 2.23. The number of rotatable bonds is 6. The molecule has 0 aromatic carbocycles. The molecule has 11 heavy (non-hydrogen) atoms. The normalized spacial score (nSPS) is 12.0. The fraction of sp³-hybridized carbons (Fsp3) is 1.00. The lowest BCUT2D eigenvalue weighted by Crippen LogP contribution is -2.59. The van der Waals surface area contributed by atoms with Gasteiger partial charge in [-0.3, -0.25) is 0 Å². The van der Waals surface area contributed by atoms with E-state index in [2.05, 4.69) is 37.3 Å². The Morgan fingerprint density at radius 3 is 1.73 bits per heavy atom. The first-order chi connectivity index (χ1) is 5.18. The molecule has 0 aromatic rings. The molecule has 0 unspecified atom stereocenters. The fourth-order valence-electron chi connectivity index (χ4n) is 1.52. The molecule has 3 heteroatoms. The van der Waals surface area contributed by atoms with E-state index in [1.54, 1.807) is 0 Å². The van der Waals surface area contributed by atoms with E-state index in [0.29, 0.717) is 0 Å². The zero-order valence-electron chi connectivity index (χ0n) is 8.33. The van der Waals surface area contributed by atoms with Crippen molar-refractivity contribution in [2.45, 2.75) is 39.8 Å². The third-order valence-corrected chi connectivity index (χ3v) is 5.65. The van der Waals surface area contributed by atoms with Crippen LogP contribution < -0.4 is 9.96 Å². The standard InChI is InChI=1S/C8H22N2Si/c1-5-8-11(4,9-6-2)10-7-3/h9-10H,5-8H2,1-4H3. The molecule has 0 aliphatic carbocycles. The second-order valence-electron chi connectivity index (χ2n) is 3.14. The summed E-state index contributed by atoms with van der Waals surface area (Å²) in [6.45, 7) is 11.2. The van der Waals surface area contributed by atoms with Crippen molar-refractivity contribution < 1.29 is 0 Å². The minimum Gasteiger partial charge on any atom is -0.326 e. The van der Waals surface area contributed by atoms with E-state index >= 15 is 0 Å². The molecule has 0 aliphatic heterocycles. The first kappa shape index (κ1) is 11.1. The van der Waals surface area contributed by atoms with E-state index in [1.807, 2.05) is 0 Å². The Kier molecular flexibility index (Phi) is 5.82. The monoisotopic (exact) mass is 174 g/mol. The SMILES string of the molecule is CCC[Si](C)(NCC)NCC. The van der Waals surface area contributed by atoms with Gasteiger partial charge < -0.3 is 9.96 Å². The Morgan fingerprint density at radius 2 is 1.45 bits per heavy atom.